The molecule has 0 amide bonds. The molecule has 0 saturated heterocycles. The number of nitrogens with one attached hydrogen (secondary N) is 1. The Kier molecular flexibility index (Phi) is 3.43. The van der Waals surface area contributed by atoms with Gasteiger partial charge in [0, 0.05) is 6.54 Å². The highest BCUT2D eigenvalue weighted by molar-refractivity contribution is 7.80. The molecule has 0 heterocycles. The van der Waals surface area contributed by atoms with Crippen LogP contribution in [0.2, 0.25) is 0 Å². The molecule has 0 unspecified atom stereocenters. The molecule has 0 rings (SSSR count). The maximum absolute atomic E-state index is 10.2. The second-order valence-electron chi connectivity index (χ2n) is 2.80. The van der Waals surface area contributed by atoms with Gasteiger partial charge in [-0.25, -0.2) is 4.18 Å². The average Bonchev–Trinajstić information content (AvgIpc) is 1.55. The van der Waals surface area contributed by atoms with Crippen molar-refractivity contribution in [1.29, 1.82) is 0 Å². The van der Waals surface area contributed by atoms with Crippen LogP contribution in [0.3, 0.4) is 0 Å². The predicted octanol–water partition coefficient (Wildman–Crippen LogP) is -0.196. The van der Waals surface area contributed by atoms with Crippen molar-refractivity contribution in [3.05, 3.63) is 0 Å². The van der Waals surface area contributed by atoms with Crippen molar-refractivity contribution in [1.82, 2.24) is 5.32 Å². The molecule has 0 aromatic heterocycles. The Balaban J connectivity index is 4.13. The quantitative estimate of drug-likeness (QED) is 0.590. The van der Waals surface area contributed by atoms with E-state index < -0.39 is 16.0 Å². The van der Waals surface area contributed by atoms with E-state index in [2.05, 4.69) is 9.50 Å². The van der Waals surface area contributed by atoms with E-state index in [0.717, 1.165) is 0 Å². The van der Waals surface area contributed by atoms with Gasteiger partial charge >= 0.3 is 10.4 Å². The van der Waals surface area contributed by atoms with Crippen molar-refractivity contribution in [2.75, 3.05) is 13.6 Å². The van der Waals surface area contributed by atoms with Crippen LogP contribution in [0.1, 0.15) is 13.8 Å². The Labute approximate surface area is 66.7 Å². The van der Waals surface area contributed by atoms with Crippen LogP contribution in [-0.2, 0) is 14.6 Å². The second kappa shape index (κ2) is 3.48. The zero-order valence-corrected chi connectivity index (χ0v) is 7.60. The molecule has 0 aliphatic heterocycles. The van der Waals surface area contributed by atoms with Crippen molar-refractivity contribution >= 4 is 10.4 Å². The SMILES string of the molecule is CNCC(C)(C)OS(=O)(=O)O. The third-order valence-electron chi connectivity index (χ3n) is 0.933. The molecule has 0 aromatic rings. The highest BCUT2D eigenvalue weighted by Gasteiger charge is 2.24. The van der Waals surface area contributed by atoms with Crippen molar-refractivity contribution in [3.63, 3.8) is 0 Å². The van der Waals surface area contributed by atoms with Crippen LogP contribution in [0.5, 0.6) is 0 Å². The monoisotopic (exact) mass is 183 g/mol. The molecule has 0 aliphatic carbocycles. The first-order valence-corrected chi connectivity index (χ1v) is 4.46. The minimum Gasteiger partial charge on any atom is -0.317 e. The first kappa shape index (κ1) is 10.8. The Hall–Kier alpha value is -0.170. The van der Waals surface area contributed by atoms with Crippen molar-refractivity contribution in [2.45, 2.75) is 19.4 Å². The molecule has 11 heavy (non-hydrogen) atoms. The molecule has 2 N–H and O–H groups in total. The summed E-state index contributed by atoms with van der Waals surface area (Å²) in [4.78, 5) is 0. The van der Waals surface area contributed by atoms with Gasteiger partial charge in [-0.3, -0.25) is 4.55 Å². The summed E-state index contributed by atoms with van der Waals surface area (Å²) in [7, 11) is -2.68. The van der Waals surface area contributed by atoms with E-state index in [-0.39, 0.29) is 0 Å². The molecule has 6 heteroatoms. The lowest BCUT2D eigenvalue weighted by atomic mass is 10.1. The second-order valence-corrected chi connectivity index (χ2v) is 3.82. The van der Waals surface area contributed by atoms with Crippen LogP contribution in [0.15, 0.2) is 0 Å². The molecule has 0 saturated carbocycles. The van der Waals surface area contributed by atoms with Crippen LogP contribution in [0.4, 0.5) is 0 Å². The number of likely N-dealkylation sites (N-methyl/N-ethyl adjacent to an activating group) is 1. The zero-order chi connectivity index (χ0) is 9.12. The largest absolute Gasteiger partial charge is 0.397 e. The minimum absolute atomic E-state index is 0.340. The molecule has 0 atom stereocenters. The van der Waals surface area contributed by atoms with Gasteiger partial charge in [0.25, 0.3) is 0 Å². The van der Waals surface area contributed by atoms with Gasteiger partial charge < -0.3 is 5.32 Å². The summed E-state index contributed by atoms with van der Waals surface area (Å²) in [6.07, 6.45) is 0. The third kappa shape index (κ3) is 6.24. The molecular formula is C5H13NO4S. The lowest BCUT2D eigenvalue weighted by Crippen LogP contribution is -2.37. The standard InChI is InChI=1S/C5H13NO4S/c1-5(2,4-6-3)10-11(7,8)9/h6H,4H2,1-3H3,(H,7,8,9). The molecule has 0 aliphatic rings. The van der Waals surface area contributed by atoms with E-state index >= 15 is 0 Å². The summed E-state index contributed by atoms with van der Waals surface area (Å²) >= 11 is 0. The maximum atomic E-state index is 10.2. The fourth-order valence-corrected chi connectivity index (χ4v) is 1.37. The molecular weight excluding hydrogens is 170 g/mol. The van der Waals surface area contributed by atoms with Crippen LogP contribution in [0, 0.1) is 0 Å². The molecule has 68 valence electrons. The number of rotatable bonds is 4. The van der Waals surface area contributed by atoms with Crippen molar-refractivity contribution in [3.8, 4) is 0 Å². The van der Waals surface area contributed by atoms with E-state index in [1.165, 1.54) is 0 Å². The number of hydrogen-bond donors (Lipinski definition) is 2. The van der Waals surface area contributed by atoms with Crippen LogP contribution < -0.4 is 5.32 Å². The Morgan fingerprint density at radius 2 is 2.00 bits per heavy atom. The van der Waals surface area contributed by atoms with E-state index in [9.17, 15) is 8.42 Å². The fourth-order valence-electron chi connectivity index (χ4n) is 0.740. The molecule has 0 spiro atoms. The summed E-state index contributed by atoms with van der Waals surface area (Å²) in [6.45, 7) is 3.45. The molecule has 0 bridgehead atoms. The Bertz CT molecular complexity index is 209. The topological polar surface area (TPSA) is 75.6 Å². The molecule has 0 radical (unpaired) electrons. The van der Waals surface area contributed by atoms with E-state index in [1.807, 2.05) is 0 Å². The zero-order valence-electron chi connectivity index (χ0n) is 6.79. The fraction of sp³-hybridized carbons (Fsp3) is 1.00. The van der Waals surface area contributed by atoms with Gasteiger partial charge in [0.1, 0.15) is 0 Å². The van der Waals surface area contributed by atoms with Gasteiger partial charge in [-0.2, -0.15) is 8.42 Å². The normalized spacial score (nSPS) is 13.5. The van der Waals surface area contributed by atoms with Crippen molar-refractivity contribution < 1.29 is 17.2 Å². The lowest BCUT2D eigenvalue weighted by molar-refractivity contribution is 0.101. The maximum Gasteiger partial charge on any atom is 0.397 e. The molecule has 0 fully saturated rings. The summed E-state index contributed by atoms with van der Waals surface area (Å²) in [6, 6.07) is 0. The highest BCUT2D eigenvalue weighted by Crippen LogP contribution is 2.09. The summed E-state index contributed by atoms with van der Waals surface area (Å²) < 4.78 is 33.1. The van der Waals surface area contributed by atoms with Crippen LogP contribution in [-0.4, -0.2) is 32.2 Å². The van der Waals surface area contributed by atoms with Gasteiger partial charge in [0.2, 0.25) is 0 Å². The lowest BCUT2D eigenvalue weighted by Gasteiger charge is -2.21. The van der Waals surface area contributed by atoms with E-state index in [1.54, 1.807) is 20.9 Å². The first-order chi connectivity index (χ1) is 4.77. The summed E-state index contributed by atoms with van der Waals surface area (Å²) in [5, 5.41) is 2.73. The first-order valence-electron chi connectivity index (χ1n) is 3.09. The third-order valence-corrected chi connectivity index (χ3v) is 1.60. The van der Waals surface area contributed by atoms with E-state index in [0.29, 0.717) is 6.54 Å². The Morgan fingerprint density at radius 3 is 2.27 bits per heavy atom. The smallest absolute Gasteiger partial charge is 0.317 e. The van der Waals surface area contributed by atoms with Gasteiger partial charge in [-0.05, 0) is 20.9 Å². The van der Waals surface area contributed by atoms with Gasteiger partial charge in [-0.1, -0.05) is 0 Å². The minimum atomic E-state index is -4.34. The van der Waals surface area contributed by atoms with Gasteiger partial charge in [0.15, 0.2) is 0 Å². The van der Waals surface area contributed by atoms with Crippen LogP contribution >= 0.6 is 0 Å². The average molecular weight is 183 g/mol. The predicted molar refractivity (Wildman–Crippen MR) is 40.6 cm³/mol. The highest BCUT2D eigenvalue weighted by atomic mass is 32.3. The summed E-state index contributed by atoms with van der Waals surface area (Å²) in [5.41, 5.74) is -0.914. The molecule has 0 aromatic carbocycles. The summed E-state index contributed by atoms with van der Waals surface area (Å²) in [5.74, 6) is 0. The Morgan fingerprint density at radius 1 is 1.55 bits per heavy atom. The van der Waals surface area contributed by atoms with Crippen LogP contribution in [0.25, 0.3) is 0 Å². The molecule has 5 nitrogen and oxygen atoms in total. The van der Waals surface area contributed by atoms with Gasteiger partial charge in [0.05, 0.1) is 5.60 Å². The number of hydrogen-bond acceptors (Lipinski definition) is 4. The van der Waals surface area contributed by atoms with Crippen molar-refractivity contribution in [2.24, 2.45) is 0 Å². The van der Waals surface area contributed by atoms with Gasteiger partial charge in [-0.15, -0.1) is 0 Å². The van der Waals surface area contributed by atoms with E-state index in [4.69, 9.17) is 4.55 Å².